The van der Waals surface area contributed by atoms with Gasteiger partial charge in [0.15, 0.2) is 11.6 Å². The van der Waals surface area contributed by atoms with Crippen molar-refractivity contribution >= 4 is 23.2 Å². The van der Waals surface area contributed by atoms with E-state index in [2.05, 4.69) is 10.3 Å². The molecule has 1 N–H and O–H groups in total. The highest BCUT2D eigenvalue weighted by molar-refractivity contribution is 6.30. The first kappa shape index (κ1) is 21.6. The largest absolute Gasteiger partial charge is 0.494 e. The van der Waals surface area contributed by atoms with Gasteiger partial charge in [0.05, 0.1) is 32.0 Å². The van der Waals surface area contributed by atoms with Gasteiger partial charge in [0.25, 0.3) is 0 Å². The second-order valence-corrected chi connectivity index (χ2v) is 6.84. The van der Waals surface area contributed by atoms with Crippen LogP contribution in [-0.2, 0) is 13.0 Å². The van der Waals surface area contributed by atoms with E-state index in [1.165, 1.54) is 44.7 Å². The molecule has 0 spiro atoms. The van der Waals surface area contributed by atoms with Gasteiger partial charge < -0.3 is 19.4 Å². The Balaban J connectivity index is 2.07. The number of nitrogens with zero attached hydrogens (tertiary/aromatic N) is 2. The predicted octanol–water partition coefficient (Wildman–Crippen LogP) is 4.55. The molecule has 0 saturated heterocycles. The van der Waals surface area contributed by atoms with Gasteiger partial charge in [0.1, 0.15) is 5.82 Å². The standard InChI is InChI=1S/C21H20ClF2N3O3/c1-4-13-8-16(24)18(29-2)9-17(13)25-21-26-20(28)19(30-3)11-27(21)10-12-5-6-15(23)14(22)7-12/h5-9,11H,4,10H2,1-3H3,(H,25,26,28). The normalized spacial score (nSPS) is 10.7. The summed E-state index contributed by atoms with van der Waals surface area (Å²) in [5, 5.41) is 3.06. The molecule has 3 rings (SSSR count). The Labute approximate surface area is 177 Å². The molecule has 0 radical (unpaired) electrons. The molecule has 0 fully saturated rings. The highest BCUT2D eigenvalue weighted by atomic mass is 35.5. The van der Waals surface area contributed by atoms with Crippen LogP contribution in [0.15, 0.2) is 41.3 Å². The van der Waals surface area contributed by atoms with Crippen LogP contribution in [0.25, 0.3) is 0 Å². The number of rotatable bonds is 7. The number of halogens is 3. The third-order valence-electron chi connectivity index (χ3n) is 4.53. The van der Waals surface area contributed by atoms with E-state index in [1.54, 1.807) is 10.6 Å². The van der Waals surface area contributed by atoms with E-state index in [0.717, 1.165) is 0 Å². The number of methoxy groups -OCH3 is 2. The minimum Gasteiger partial charge on any atom is -0.494 e. The molecule has 2 aromatic carbocycles. The zero-order valence-corrected chi connectivity index (χ0v) is 17.4. The predicted molar refractivity (Wildman–Crippen MR) is 111 cm³/mol. The van der Waals surface area contributed by atoms with Crippen LogP contribution < -0.4 is 20.3 Å². The Morgan fingerprint density at radius 1 is 1.10 bits per heavy atom. The molecule has 3 aromatic rings. The Bertz CT molecular complexity index is 1140. The van der Waals surface area contributed by atoms with Crippen LogP contribution in [0.4, 0.5) is 20.4 Å². The first-order chi connectivity index (χ1) is 14.4. The zero-order valence-electron chi connectivity index (χ0n) is 16.6. The van der Waals surface area contributed by atoms with Crippen molar-refractivity contribution in [3.63, 3.8) is 0 Å². The molecule has 9 heteroatoms. The summed E-state index contributed by atoms with van der Waals surface area (Å²) in [6, 6.07) is 7.20. The number of anilines is 2. The Morgan fingerprint density at radius 2 is 1.83 bits per heavy atom. The fourth-order valence-electron chi connectivity index (χ4n) is 2.95. The van der Waals surface area contributed by atoms with Crippen molar-refractivity contribution in [3.8, 4) is 11.5 Å². The van der Waals surface area contributed by atoms with Gasteiger partial charge in [-0.15, -0.1) is 0 Å². The van der Waals surface area contributed by atoms with Gasteiger partial charge in [0, 0.05) is 11.8 Å². The van der Waals surface area contributed by atoms with Crippen LogP contribution in [0, 0.1) is 11.6 Å². The van der Waals surface area contributed by atoms with Gasteiger partial charge in [0.2, 0.25) is 11.7 Å². The third kappa shape index (κ3) is 4.54. The van der Waals surface area contributed by atoms with Crippen LogP contribution in [0.5, 0.6) is 11.5 Å². The Hall–Kier alpha value is -3.13. The van der Waals surface area contributed by atoms with E-state index in [1.807, 2.05) is 6.92 Å². The molecule has 0 aliphatic carbocycles. The molecule has 0 saturated carbocycles. The SMILES string of the molecule is CCc1cc(F)c(OC)cc1Nc1nc(=O)c(OC)cn1Cc1ccc(F)c(Cl)c1. The van der Waals surface area contributed by atoms with Gasteiger partial charge in [-0.25, -0.2) is 8.78 Å². The van der Waals surface area contributed by atoms with Crippen molar-refractivity contribution in [2.24, 2.45) is 0 Å². The molecule has 1 aromatic heterocycles. The smallest absolute Gasteiger partial charge is 0.316 e. The summed E-state index contributed by atoms with van der Waals surface area (Å²) in [5.74, 6) is -0.713. The number of nitrogens with one attached hydrogen (secondary N) is 1. The maximum absolute atomic E-state index is 14.1. The molecule has 0 aliphatic rings. The van der Waals surface area contributed by atoms with Crippen molar-refractivity contribution in [1.29, 1.82) is 0 Å². The molecular formula is C21H20ClF2N3O3. The van der Waals surface area contributed by atoms with E-state index in [-0.39, 0.29) is 29.0 Å². The minimum atomic E-state index is -0.569. The van der Waals surface area contributed by atoms with E-state index >= 15 is 0 Å². The molecule has 0 unspecified atom stereocenters. The van der Waals surface area contributed by atoms with Crippen molar-refractivity contribution in [3.05, 3.63) is 74.7 Å². The summed E-state index contributed by atoms with van der Waals surface area (Å²) >= 11 is 5.88. The molecular weight excluding hydrogens is 416 g/mol. The maximum atomic E-state index is 14.1. The molecule has 0 aliphatic heterocycles. The fraction of sp³-hybridized carbons (Fsp3) is 0.238. The molecule has 6 nitrogen and oxygen atoms in total. The zero-order chi connectivity index (χ0) is 21.8. The number of ether oxygens (including phenoxy) is 2. The molecule has 0 bridgehead atoms. The number of aromatic nitrogens is 2. The first-order valence-electron chi connectivity index (χ1n) is 9.09. The lowest BCUT2D eigenvalue weighted by Crippen LogP contribution is -2.19. The average Bonchev–Trinajstić information content (AvgIpc) is 2.73. The minimum absolute atomic E-state index is 0.0143. The van der Waals surface area contributed by atoms with Gasteiger partial charge in [-0.2, -0.15) is 4.98 Å². The summed E-state index contributed by atoms with van der Waals surface area (Å²) in [6.07, 6.45) is 2.03. The summed E-state index contributed by atoms with van der Waals surface area (Å²) in [6.45, 7) is 2.10. The molecule has 0 amide bonds. The summed E-state index contributed by atoms with van der Waals surface area (Å²) in [4.78, 5) is 16.3. The van der Waals surface area contributed by atoms with Crippen LogP contribution in [0.2, 0.25) is 5.02 Å². The summed E-state index contributed by atoms with van der Waals surface area (Å²) in [5.41, 5.74) is 1.33. The topological polar surface area (TPSA) is 65.4 Å². The van der Waals surface area contributed by atoms with Crippen molar-refractivity contribution in [2.45, 2.75) is 19.9 Å². The number of benzene rings is 2. The lowest BCUT2D eigenvalue weighted by Gasteiger charge is -2.18. The van der Waals surface area contributed by atoms with Crippen LogP contribution in [0.1, 0.15) is 18.1 Å². The molecule has 30 heavy (non-hydrogen) atoms. The number of hydrogen-bond acceptors (Lipinski definition) is 5. The monoisotopic (exact) mass is 435 g/mol. The van der Waals surface area contributed by atoms with Crippen LogP contribution in [-0.4, -0.2) is 23.8 Å². The van der Waals surface area contributed by atoms with Crippen LogP contribution >= 0.6 is 11.6 Å². The number of aryl methyl sites for hydroxylation is 1. The van der Waals surface area contributed by atoms with Crippen molar-refractivity contribution in [2.75, 3.05) is 19.5 Å². The lowest BCUT2D eigenvalue weighted by atomic mass is 10.1. The van der Waals surface area contributed by atoms with E-state index in [0.29, 0.717) is 23.2 Å². The highest BCUT2D eigenvalue weighted by Gasteiger charge is 2.15. The third-order valence-corrected chi connectivity index (χ3v) is 4.81. The van der Waals surface area contributed by atoms with Crippen molar-refractivity contribution in [1.82, 2.24) is 9.55 Å². The van der Waals surface area contributed by atoms with Gasteiger partial charge in [-0.3, -0.25) is 4.79 Å². The van der Waals surface area contributed by atoms with Gasteiger partial charge >= 0.3 is 5.56 Å². The van der Waals surface area contributed by atoms with Gasteiger partial charge in [-0.05, 0) is 35.7 Å². The molecule has 158 valence electrons. The number of hydrogen-bond donors (Lipinski definition) is 1. The average molecular weight is 436 g/mol. The van der Waals surface area contributed by atoms with Crippen LogP contribution in [0.3, 0.4) is 0 Å². The lowest BCUT2D eigenvalue weighted by molar-refractivity contribution is 0.386. The van der Waals surface area contributed by atoms with E-state index in [9.17, 15) is 13.6 Å². The molecule has 1 heterocycles. The van der Waals surface area contributed by atoms with E-state index in [4.69, 9.17) is 21.1 Å². The quantitative estimate of drug-likeness (QED) is 0.590. The van der Waals surface area contributed by atoms with Crippen molar-refractivity contribution < 1.29 is 18.3 Å². The molecule has 0 atom stereocenters. The summed E-state index contributed by atoms with van der Waals surface area (Å²) < 4.78 is 39.3. The van der Waals surface area contributed by atoms with Gasteiger partial charge in [-0.1, -0.05) is 24.6 Å². The second-order valence-electron chi connectivity index (χ2n) is 6.44. The second kappa shape index (κ2) is 9.13. The fourth-order valence-corrected chi connectivity index (χ4v) is 3.15. The maximum Gasteiger partial charge on any atom is 0.316 e. The Morgan fingerprint density at radius 3 is 2.47 bits per heavy atom. The Kier molecular flexibility index (Phi) is 6.56. The summed E-state index contributed by atoms with van der Waals surface area (Å²) in [7, 11) is 2.73. The first-order valence-corrected chi connectivity index (χ1v) is 9.46. The van der Waals surface area contributed by atoms with E-state index < -0.39 is 17.2 Å². The highest BCUT2D eigenvalue weighted by Crippen LogP contribution is 2.29.